The van der Waals surface area contributed by atoms with E-state index in [1.165, 1.54) is 19.3 Å². The summed E-state index contributed by atoms with van der Waals surface area (Å²) >= 11 is 0. The van der Waals surface area contributed by atoms with Crippen molar-refractivity contribution in [1.29, 1.82) is 5.26 Å². The van der Waals surface area contributed by atoms with Crippen molar-refractivity contribution in [1.82, 2.24) is 9.97 Å². The fourth-order valence-corrected chi connectivity index (χ4v) is 5.13. The molecule has 0 saturated heterocycles. The van der Waals surface area contributed by atoms with Crippen LogP contribution in [0.3, 0.4) is 0 Å². The molecule has 0 radical (unpaired) electrons. The Balaban J connectivity index is 1.38. The number of aliphatic hydroxyl groups is 1. The topological polar surface area (TPSA) is 129 Å². The maximum absolute atomic E-state index is 9.50. The zero-order chi connectivity index (χ0) is 22.3. The van der Waals surface area contributed by atoms with Gasteiger partial charge in [0, 0.05) is 24.7 Å². The van der Waals surface area contributed by atoms with E-state index in [9.17, 15) is 5.26 Å². The van der Waals surface area contributed by atoms with Crippen molar-refractivity contribution < 1.29 is 9.84 Å². The lowest BCUT2D eigenvalue weighted by molar-refractivity contribution is 0.112. The van der Waals surface area contributed by atoms with Gasteiger partial charge in [0.1, 0.15) is 29.8 Å². The highest BCUT2D eigenvalue weighted by atomic mass is 16.5. The summed E-state index contributed by atoms with van der Waals surface area (Å²) in [5.74, 6) is 3.53. The summed E-state index contributed by atoms with van der Waals surface area (Å²) in [5, 5.41) is 25.1. The summed E-state index contributed by atoms with van der Waals surface area (Å²) in [6, 6.07) is 10.2. The summed E-state index contributed by atoms with van der Waals surface area (Å²) in [7, 11) is 0. The molecule has 2 bridgehead atoms. The molecule has 8 heteroatoms. The van der Waals surface area contributed by atoms with Gasteiger partial charge in [0.15, 0.2) is 0 Å². The second kappa shape index (κ2) is 10.6. The van der Waals surface area contributed by atoms with Crippen LogP contribution in [0.4, 0.5) is 11.8 Å². The van der Waals surface area contributed by atoms with E-state index in [1.54, 1.807) is 6.20 Å². The highest BCUT2D eigenvalue weighted by molar-refractivity contribution is 5.53. The van der Waals surface area contributed by atoms with Gasteiger partial charge < -0.3 is 26.2 Å². The van der Waals surface area contributed by atoms with Crippen LogP contribution in [0.15, 0.2) is 30.5 Å². The zero-order valence-electron chi connectivity index (χ0n) is 18.3. The molecule has 4 rings (SSSR count). The SMILES string of the molecule is N#Cc1cnc(NCc2ccccc2OCCO)nc1NCC1C[C@H]2CCC[C@@H](C1)C2N. The molecule has 32 heavy (non-hydrogen) atoms. The second-order valence-corrected chi connectivity index (χ2v) is 8.85. The minimum Gasteiger partial charge on any atom is -0.491 e. The minimum atomic E-state index is -0.0377. The van der Waals surface area contributed by atoms with Crippen LogP contribution in [0.1, 0.15) is 43.2 Å². The van der Waals surface area contributed by atoms with Gasteiger partial charge in [0.25, 0.3) is 0 Å². The van der Waals surface area contributed by atoms with E-state index in [1.807, 2.05) is 24.3 Å². The molecular weight excluding hydrogens is 404 g/mol. The molecular formula is C24H32N6O2. The number of rotatable bonds is 9. The molecule has 2 aliphatic rings. The number of fused-ring (bicyclic) bond motifs is 2. The van der Waals surface area contributed by atoms with Crippen LogP contribution in [-0.2, 0) is 6.54 Å². The highest BCUT2D eigenvalue weighted by Crippen LogP contribution is 2.41. The number of para-hydroxylation sites is 1. The van der Waals surface area contributed by atoms with Gasteiger partial charge >= 0.3 is 0 Å². The summed E-state index contributed by atoms with van der Waals surface area (Å²) in [6.07, 6.45) is 7.63. The van der Waals surface area contributed by atoms with E-state index in [-0.39, 0.29) is 13.2 Å². The zero-order valence-corrected chi connectivity index (χ0v) is 18.3. The smallest absolute Gasteiger partial charge is 0.224 e. The average Bonchev–Trinajstić information content (AvgIpc) is 2.81. The third kappa shape index (κ3) is 5.29. The Labute approximate surface area is 189 Å². The van der Waals surface area contributed by atoms with E-state index in [4.69, 9.17) is 15.6 Å². The molecule has 2 fully saturated rings. The third-order valence-corrected chi connectivity index (χ3v) is 6.74. The van der Waals surface area contributed by atoms with Crippen LogP contribution < -0.4 is 21.1 Å². The molecule has 1 aromatic heterocycles. The predicted octanol–water partition coefficient (Wildman–Crippen LogP) is 2.90. The Kier molecular flexibility index (Phi) is 7.40. The normalized spacial score (nSPS) is 24.4. The molecule has 4 atom stereocenters. The van der Waals surface area contributed by atoms with E-state index < -0.39 is 0 Å². The van der Waals surface area contributed by atoms with Gasteiger partial charge in [-0.1, -0.05) is 24.6 Å². The van der Waals surface area contributed by atoms with Crippen molar-refractivity contribution >= 4 is 11.8 Å². The Hall–Kier alpha value is -2.89. The Morgan fingerprint density at radius 3 is 2.72 bits per heavy atom. The summed E-state index contributed by atoms with van der Waals surface area (Å²) in [5.41, 5.74) is 7.80. The number of nitrogens with two attached hydrogens (primary N) is 1. The molecule has 2 aliphatic carbocycles. The van der Waals surface area contributed by atoms with Crippen molar-refractivity contribution in [3.8, 4) is 11.8 Å². The monoisotopic (exact) mass is 436 g/mol. The summed E-state index contributed by atoms with van der Waals surface area (Å²) in [4.78, 5) is 8.85. The van der Waals surface area contributed by atoms with E-state index in [0.717, 1.165) is 24.9 Å². The molecule has 8 nitrogen and oxygen atoms in total. The van der Waals surface area contributed by atoms with Crippen LogP contribution in [-0.4, -0.2) is 40.9 Å². The molecule has 1 heterocycles. The number of benzene rings is 1. The lowest BCUT2D eigenvalue weighted by atomic mass is 9.65. The number of anilines is 2. The first-order valence-electron chi connectivity index (χ1n) is 11.5. The first-order chi connectivity index (χ1) is 15.7. The molecule has 1 aromatic carbocycles. The standard InChI is InChI=1S/C24H32N6O2/c25-12-20-15-29-24(28-14-19-4-1-2-7-21(19)32-9-8-31)30-23(20)27-13-16-10-17-5-3-6-18(11-16)22(17)26/h1-2,4,7,15-18,22,31H,3,5-6,8-11,13-14,26H2,(H2,27,28,29,30)/t16?,17-,18+,22?. The van der Waals surface area contributed by atoms with Crippen LogP contribution in [0.5, 0.6) is 5.75 Å². The predicted molar refractivity (Wildman–Crippen MR) is 123 cm³/mol. The summed E-state index contributed by atoms with van der Waals surface area (Å²) in [6.45, 7) is 1.47. The van der Waals surface area contributed by atoms with Crippen molar-refractivity contribution in [2.45, 2.75) is 44.7 Å². The van der Waals surface area contributed by atoms with Gasteiger partial charge in [-0.05, 0) is 49.5 Å². The largest absolute Gasteiger partial charge is 0.491 e. The molecule has 170 valence electrons. The van der Waals surface area contributed by atoms with Crippen LogP contribution in [0.25, 0.3) is 0 Å². The minimum absolute atomic E-state index is 0.0377. The fraction of sp³-hybridized carbons (Fsp3) is 0.542. The Bertz CT molecular complexity index is 932. The lowest BCUT2D eigenvalue weighted by Crippen LogP contribution is -2.47. The number of hydrogen-bond donors (Lipinski definition) is 4. The van der Waals surface area contributed by atoms with E-state index >= 15 is 0 Å². The first kappa shape index (κ1) is 22.3. The number of aromatic nitrogens is 2. The molecule has 0 amide bonds. The van der Waals surface area contributed by atoms with Gasteiger partial charge in [-0.3, -0.25) is 0 Å². The number of nitrogens with one attached hydrogen (secondary N) is 2. The molecule has 0 spiro atoms. The third-order valence-electron chi connectivity index (χ3n) is 6.74. The van der Waals surface area contributed by atoms with Gasteiger partial charge in [-0.25, -0.2) is 4.98 Å². The van der Waals surface area contributed by atoms with Gasteiger partial charge in [0.2, 0.25) is 5.95 Å². The summed E-state index contributed by atoms with van der Waals surface area (Å²) < 4.78 is 5.58. The van der Waals surface area contributed by atoms with Crippen molar-refractivity contribution in [2.24, 2.45) is 23.5 Å². The van der Waals surface area contributed by atoms with Crippen molar-refractivity contribution in [3.63, 3.8) is 0 Å². The lowest BCUT2D eigenvalue weighted by Gasteiger charge is -2.44. The fourth-order valence-electron chi connectivity index (χ4n) is 5.13. The number of nitrogens with zero attached hydrogens (tertiary/aromatic N) is 3. The highest BCUT2D eigenvalue weighted by Gasteiger charge is 2.37. The average molecular weight is 437 g/mol. The van der Waals surface area contributed by atoms with E-state index in [2.05, 4.69) is 26.7 Å². The molecule has 2 saturated carbocycles. The van der Waals surface area contributed by atoms with Gasteiger partial charge in [0.05, 0.1) is 12.8 Å². The van der Waals surface area contributed by atoms with Crippen molar-refractivity contribution in [3.05, 3.63) is 41.6 Å². The molecule has 2 unspecified atom stereocenters. The Morgan fingerprint density at radius 2 is 1.97 bits per heavy atom. The van der Waals surface area contributed by atoms with Gasteiger partial charge in [-0.2, -0.15) is 10.2 Å². The van der Waals surface area contributed by atoms with Crippen LogP contribution in [0.2, 0.25) is 0 Å². The number of ether oxygens (including phenoxy) is 1. The van der Waals surface area contributed by atoms with Crippen LogP contribution >= 0.6 is 0 Å². The van der Waals surface area contributed by atoms with Crippen LogP contribution in [0, 0.1) is 29.1 Å². The molecule has 2 aromatic rings. The quantitative estimate of drug-likeness (QED) is 0.472. The van der Waals surface area contributed by atoms with Gasteiger partial charge in [-0.15, -0.1) is 0 Å². The second-order valence-electron chi connectivity index (χ2n) is 8.85. The Morgan fingerprint density at radius 1 is 1.19 bits per heavy atom. The maximum atomic E-state index is 9.50. The molecule has 5 N–H and O–H groups in total. The van der Waals surface area contributed by atoms with E-state index in [0.29, 0.717) is 53.4 Å². The maximum Gasteiger partial charge on any atom is 0.224 e. The number of aliphatic hydroxyl groups excluding tert-OH is 1. The number of hydrogen-bond acceptors (Lipinski definition) is 8. The molecule has 0 aliphatic heterocycles. The first-order valence-corrected chi connectivity index (χ1v) is 11.5. The van der Waals surface area contributed by atoms with Crippen molar-refractivity contribution in [2.75, 3.05) is 30.4 Å². The number of nitriles is 1.